The molecular weight excluding hydrogens is 595 g/mol. The number of amides is 2. The largest absolute Gasteiger partial charge is 0.457 e. The number of sulfonamides is 1. The number of carbonyl (C=O) groups excluding carboxylic acids is 1. The monoisotopic (exact) mass is 634 g/mol. The first-order chi connectivity index (χ1) is 19.9. The van der Waals surface area contributed by atoms with Gasteiger partial charge in [-0.3, -0.25) is 9.62 Å². The standard InChI is InChI=1S/C31H39FN4O5S.ClH/c1-22(2)30(37)21-36(31(38)33-25-8-6-24(32)7-9-25)27-16-18-35(19-17-27)20-23-4-12-28(13-5-23)41-29-14-10-26(11-15-29)34-42(3,39)40;/h4-15,22,27,30,34,37H,16-21H2,1-3H3,(H,33,38);1H. The van der Waals surface area contributed by atoms with Gasteiger partial charge in [0.15, 0.2) is 0 Å². The molecule has 3 aromatic carbocycles. The molecule has 0 saturated carbocycles. The first-order valence-corrected chi connectivity index (χ1v) is 15.9. The molecule has 3 N–H and O–H groups in total. The third kappa shape index (κ3) is 10.7. The highest BCUT2D eigenvalue weighted by atomic mass is 35.5. The summed E-state index contributed by atoms with van der Waals surface area (Å²) in [4.78, 5) is 17.3. The number of urea groups is 1. The van der Waals surface area contributed by atoms with Crippen LogP contribution >= 0.6 is 12.4 Å². The molecule has 1 unspecified atom stereocenters. The van der Waals surface area contributed by atoms with E-state index in [1.54, 1.807) is 29.2 Å². The number of aliphatic hydroxyl groups excluding tert-OH is 1. The lowest BCUT2D eigenvalue weighted by Gasteiger charge is -2.39. The normalized spacial score (nSPS) is 14.9. The molecule has 0 aliphatic carbocycles. The van der Waals surface area contributed by atoms with Crippen molar-refractivity contribution < 1.29 is 27.4 Å². The molecular formula is C31H40ClFN4O5S. The lowest BCUT2D eigenvalue weighted by Crippen LogP contribution is -2.51. The molecule has 3 aromatic rings. The van der Waals surface area contributed by atoms with Gasteiger partial charge in [0.05, 0.1) is 12.4 Å². The lowest BCUT2D eigenvalue weighted by atomic mass is 10.0. The van der Waals surface area contributed by atoms with Crippen LogP contribution in [0.5, 0.6) is 11.5 Å². The van der Waals surface area contributed by atoms with E-state index >= 15 is 0 Å². The van der Waals surface area contributed by atoms with Gasteiger partial charge in [-0.05, 0) is 85.0 Å². The number of nitrogens with zero attached hydrogens (tertiary/aromatic N) is 2. The van der Waals surface area contributed by atoms with Gasteiger partial charge in [0.2, 0.25) is 10.0 Å². The highest BCUT2D eigenvalue weighted by Gasteiger charge is 2.30. The summed E-state index contributed by atoms with van der Waals surface area (Å²) in [6.45, 7) is 6.44. The van der Waals surface area contributed by atoms with Crippen LogP contribution in [0.4, 0.5) is 20.6 Å². The van der Waals surface area contributed by atoms with Gasteiger partial charge < -0.3 is 20.1 Å². The first kappa shape index (κ1) is 34.1. The number of ether oxygens (including phenoxy) is 1. The number of benzene rings is 3. The number of halogens is 2. The van der Waals surface area contributed by atoms with Crippen LogP contribution in [0, 0.1) is 11.7 Å². The average Bonchev–Trinajstić information content (AvgIpc) is 2.94. The predicted molar refractivity (Wildman–Crippen MR) is 170 cm³/mol. The number of aliphatic hydroxyl groups is 1. The Morgan fingerprint density at radius 2 is 1.51 bits per heavy atom. The van der Waals surface area contributed by atoms with Crippen LogP contribution < -0.4 is 14.8 Å². The molecule has 1 aliphatic heterocycles. The molecule has 2 amide bonds. The number of anilines is 2. The van der Waals surface area contributed by atoms with Crippen molar-refractivity contribution in [2.45, 2.75) is 45.4 Å². The van der Waals surface area contributed by atoms with Crippen LogP contribution in [0.3, 0.4) is 0 Å². The quantitative estimate of drug-likeness (QED) is 0.241. The number of hydrogen-bond acceptors (Lipinski definition) is 6. The van der Waals surface area contributed by atoms with Crippen molar-refractivity contribution in [3.63, 3.8) is 0 Å². The molecule has 0 radical (unpaired) electrons. The Hall–Kier alpha value is -3.38. The van der Waals surface area contributed by atoms with E-state index in [0.717, 1.165) is 44.3 Å². The van der Waals surface area contributed by atoms with E-state index < -0.39 is 16.1 Å². The lowest BCUT2D eigenvalue weighted by molar-refractivity contribution is 0.0569. The molecule has 1 fully saturated rings. The predicted octanol–water partition coefficient (Wildman–Crippen LogP) is 5.93. The second-order valence-corrected chi connectivity index (χ2v) is 12.8. The Labute approximate surface area is 259 Å². The summed E-state index contributed by atoms with van der Waals surface area (Å²) in [6.07, 6.45) is 2.00. The topological polar surface area (TPSA) is 111 Å². The molecule has 1 aliphatic rings. The smallest absolute Gasteiger partial charge is 0.322 e. The van der Waals surface area contributed by atoms with E-state index in [-0.39, 0.29) is 42.8 Å². The Bertz CT molecular complexity index is 1420. The molecule has 0 aromatic heterocycles. The summed E-state index contributed by atoms with van der Waals surface area (Å²) in [5.41, 5.74) is 2.11. The van der Waals surface area contributed by atoms with Crippen LogP contribution in [-0.4, -0.2) is 67.4 Å². The van der Waals surface area contributed by atoms with Gasteiger partial charge in [-0.1, -0.05) is 26.0 Å². The van der Waals surface area contributed by atoms with Crippen molar-refractivity contribution in [2.24, 2.45) is 5.92 Å². The minimum absolute atomic E-state index is 0. The van der Waals surface area contributed by atoms with Crippen LogP contribution in [0.1, 0.15) is 32.3 Å². The third-order valence-corrected chi connectivity index (χ3v) is 7.84. The Morgan fingerprint density at radius 3 is 2.05 bits per heavy atom. The summed E-state index contributed by atoms with van der Waals surface area (Å²) in [6, 6.07) is 19.9. The van der Waals surface area contributed by atoms with E-state index in [2.05, 4.69) is 14.9 Å². The number of hydrogen-bond donors (Lipinski definition) is 3. The second kappa shape index (κ2) is 15.4. The van der Waals surface area contributed by atoms with Crippen LogP contribution in [0.25, 0.3) is 0 Å². The Morgan fingerprint density at radius 1 is 0.977 bits per heavy atom. The summed E-state index contributed by atoms with van der Waals surface area (Å²) < 4.78 is 44.4. The average molecular weight is 635 g/mol. The van der Waals surface area contributed by atoms with Gasteiger partial charge in [-0.25, -0.2) is 17.6 Å². The molecule has 0 bridgehead atoms. The Kier molecular flexibility index (Phi) is 12.2. The molecule has 1 heterocycles. The van der Waals surface area contributed by atoms with Gasteiger partial charge in [0.1, 0.15) is 17.3 Å². The van der Waals surface area contributed by atoms with Crippen molar-refractivity contribution in [2.75, 3.05) is 35.9 Å². The maximum absolute atomic E-state index is 13.3. The fourth-order valence-electron chi connectivity index (χ4n) is 4.79. The molecule has 4 rings (SSSR count). The molecule has 234 valence electrons. The highest BCUT2D eigenvalue weighted by Crippen LogP contribution is 2.25. The summed E-state index contributed by atoms with van der Waals surface area (Å²) >= 11 is 0. The van der Waals surface area contributed by atoms with E-state index in [4.69, 9.17) is 4.74 Å². The van der Waals surface area contributed by atoms with E-state index in [1.165, 1.54) is 24.3 Å². The number of piperidine rings is 1. The van der Waals surface area contributed by atoms with E-state index in [9.17, 15) is 22.7 Å². The SMILES string of the molecule is CC(C)C(O)CN(C(=O)Nc1ccc(F)cc1)C1CCN(Cc2ccc(Oc3ccc(NS(C)(=O)=O)cc3)cc2)CC1.Cl. The molecule has 9 nitrogen and oxygen atoms in total. The fourth-order valence-corrected chi connectivity index (χ4v) is 5.35. The van der Waals surface area contributed by atoms with Crippen LogP contribution in [0.2, 0.25) is 0 Å². The van der Waals surface area contributed by atoms with Gasteiger partial charge in [-0.15, -0.1) is 12.4 Å². The summed E-state index contributed by atoms with van der Waals surface area (Å²) in [5.74, 6) is 0.910. The zero-order chi connectivity index (χ0) is 30.3. The minimum atomic E-state index is -3.33. The van der Waals surface area contributed by atoms with Crippen molar-refractivity contribution in [3.8, 4) is 11.5 Å². The highest BCUT2D eigenvalue weighted by molar-refractivity contribution is 7.92. The maximum atomic E-state index is 13.3. The molecule has 1 saturated heterocycles. The zero-order valence-electron chi connectivity index (χ0n) is 24.6. The van der Waals surface area contributed by atoms with Gasteiger partial charge >= 0.3 is 6.03 Å². The maximum Gasteiger partial charge on any atom is 0.322 e. The van der Waals surface area contributed by atoms with Crippen molar-refractivity contribution in [1.29, 1.82) is 0 Å². The van der Waals surface area contributed by atoms with Gasteiger partial charge in [0, 0.05) is 43.6 Å². The van der Waals surface area contributed by atoms with Gasteiger partial charge in [0.25, 0.3) is 0 Å². The summed E-state index contributed by atoms with van der Waals surface area (Å²) in [7, 11) is -3.33. The summed E-state index contributed by atoms with van der Waals surface area (Å²) in [5, 5.41) is 13.4. The van der Waals surface area contributed by atoms with Crippen molar-refractivity contribution in [1.82, 2.24) is 9.80 Å². The molecule has 12 heteroatoms. The van der Waals surface area contributed by atoms with E-state index in [0.29, 0.717) is 22.9 Å². The molecule has 0 spiro atoms. The number of carbonyl (C=O) groups is 1. The van der Waals surface area contributed by atoms with Crippen LogP contribution in [0.15, 0.2) is 72.8 Å². The van der Waals surface area contributed by atoms with Crippen molar-refractivity contribution >= 4 is 39.8 Å². The van der Waals surface area contributed by atoms with E-state index in [1.807, 2.05) is 38.1 Å². The number of nitrogens with one attached hydrogen (secondary N) is 2. The third-order valence-electron chi connectivity index (χ3n) is 7.23. The minimum Gasteiger partial charge on any atom is -0.457 e. The number of likely N-dealkylation sites (tertiary alicyclic amines) is 1. The zero-order valence-corrected chi connectivity index (χ0v) is 26.2. The Balaban J connectivity index is 0.00000506. The number of rotatable bonds is 11. The fraction of sp³-hybridized carbons (Fsp3) is 0.387. The second-order valence-electron chi connectivity index (χ2n) is 11.1. The van der Waals surface area contributed by atoms with Crippen molar-refractivity contribution in [3.05, 3.63) is 84.2 Å². The first-order valence-electron chi connectivity index (χ1n) is 14.0. The molecule has 43 heavy (non-hydrogen) atoms. The van der Waals surface area contributed by atoms with Crippen LogP contribution in [-0.2, 0) is 16.6 Å². The van der Waals surface area contributed by atoms with Gasteiger partial charge in [-0.2, -0.15) is 0 Å². The molecule has 1 atom stereocenters.